The predicted molar refractivity (Wildman–Crippen MR) is 70.8 cm³/mol. The van der Waals surface area contributed by atoms with Crippen LogP contribution in [0.1, 0.15) is 5.82 Å². The second-order valence-corrected chi connectivity index (χ2v) is 4.97. The summed E-state index contributed by atoms with van der Waals surface area (Å²) >= 11 is 0. The van der Waals surface area contributed by atoms with E-state index in [0.717, 1.165) is 0 Å². The fourth-order valence-corrected chi connectivity index (χ4v) is 2.20. The van der Waals surface area contributed by atoms with Crippen molar-refractivity contribution in [3.05, 3.63) is 18.2 Å². The molecule has 0 bridgehead atoms. The van der Waals surface area contributed by atoms with Crippen molar-refractivity contribution in [1.29, 1.82) is 0 Å². The molecule has 1 saturated heterocycles. The van der Waals surface area contributed by atoms with Gasteiger partial charge in [0.25, 0.3) is 5.91 Å². The van der Waals surface area contributed by atoms with E-state index in [1.54, 1.807) is 24.0 Å². The largest absolute Gasteiger partial charge is 0.388 e. The van der Waals surface area contributed by atoms with Crippen LogP contribution in [0.3, 0.4) is 0 Å². The number of nitrogens with two attached hydrogens (primary N) is 1. The van der Waals surface area contributed by atoms with Crippen molar-refractivity contribution in [1.82, 2.24) is 14.9 Å². The van der Waals surface area contributed by atoms with E-state index in [1.807, 2.05) is 0 Å². The quantitative estimate of drug-likeness (QED) is 0.395. The highest BCUT2D eigenvalue weighted by Crippen LogP contribution is 2.21. The molecule has 1 aromatic heterocycles. The van der Waals surface area contributed by atoms with Crippen LogP contribution in [0, 0.1) is 0 Å². The molecule has 1 aromatic rings. The van der Waals surface area contributed by atoms with E-state index in [2.05, 4.69) is 10.3 Å². The number of imidazole rings is 1. The zero-order valence-corrected chi connectivity index (χ0v) is 11.6. The third kappa shape index (κ3) is 3.22. The van der Waals surface area contributed by atoms with Crippen LogP contribution in [0.5, 0.6) is 0 Å². The number of hydrogen-bond acceptors (Lipinski definition) is 7. The molecule has 2 heterocycles. The first-order valence-corrected chi connectivity index (χ1v) is 6.59. The number of amides is 1. The molecule has 1 aliphatic rings. The number of ether oxygens (including phenoxy) is 1. The molecule has 6 N–H and O–H groups in total. The summed E-state index contributed by atoms with van der Waals surface area (Å²) in [4.78, 5) is 16.1. The highest BCUT2D eigenvalue weighted by Gasteiger charge is 2.46. The van der Waals surface area contributed by atoms with Gasteiger partial charge in [-0.2, -0.15) is 0 Å². The summed E-state index contributed by atoms with van der Waals surface area (Å²) in [5.41, 5.74) is 5.41. The van der Waals surface area contributed by atoms with E-state index >= 15 is 0 Å². The monoisotopic (exact) mass is 300 g/mol. The van der Waals surface area contributed by atoms with E-state index in [4.69, 9.17) is 10.5 Å². The number of aromatic nitrogens is 2. The van der Waals surface area contributed by atoms with Crippen molar-refractivity contribution in [2.24, 2.45) is 12.8 Å². The molecule has 9 nitrogen and oxygen atoms in total. The van der Waals surface area contributed by atoms with Crippen LogP contribution in [-0.2, 0) is 23.1 Å². The molecule has 0 unspecified atom stereocenters. The third-order valence-electron chi connectivity index (χ3n) is 3.54. The molecule has 0 aliphatic carbocycles. The van der Waals surface area contributed by atoms with Crippen molar-refractivity contribution in [2.45, 2.75) is 37.1 Å². The van der Waals surface area contributed by atoms with Crippen LogP contribution < -0.4 is 11.1 Å². The van der Waals surface area contributed by atoms with Gasteiger partial charge in [0.1, 0.15) is 24.1 Å². The van der Waals surface area contributed by atoms with Gasteiger partial charge in [0.05, 0.1) is 12.6 Å². The normalized spacial score (nSPS) is 32.9. The average Bonchev–Trinajstić information content (AvgIpc) is 2.88. The molecule has 1 amide bonds. The summed E-state index contributed by atoms with van der Waals surface area (Å²) in [5, 5.41) is 31.8. The molecule has 1 aliphatic heterocycles. The lowest BCUT2D eigenvalue weighted by Gasteiger charge is -2.39. The first kappa shape index (κ1) is 15.9. The van der Waals surface area contributed by atoms with Crippen molar-refractivity contribution < 1.29 is 24.9 Å². The van der Waals surface area contributed by atoms with Crippen LogP contribution in [0.15, 0.2) is 12.4 Å². The number of nitrogens with zero attached hydrogens (tertiary/aromatic N) is 2. The lowest BCUT2D eigenvalue weighted by Crippen LogP contribution is -2.62. The maximum Gasteiger partial charge on any atom is 0.252 e. The predicted octanol–water partition coefficient (Wildman–Crippen LogP) is -3.15. The average molecular weight is 300 g/mol. The Labute approximate surface area is 121 Å². The van der Waals surface area contributed by atoms with Gasteiger partial charge in [0.15, 0.2) is 6.10 Å². The Morgan fingerprint density at radius 3 is 2.71 bits per heavy atom. The Hall–Kier alpha value is -1.52. The number of aliphatic hydroxyl groups excluding tert-OH is 3. The second-order valence-electron chi connectivity index (χ2n) is 4.97. The van der Waals surface area contributed by atoms with E-state index in [-0.39, 0.29) is 13.1 Å². The van der Waals surface area contributed by atoms with Gasteiger partial charge in [-0.3, -0.25) is 4.79 Å². The summed E-state index contributed by atoms with van der Waals surface area (Å²) in [6, 6.07) is 0. The highest BCUT2D eigenvalue weighted by molar-refractivity contribution is 5.81. The summed E-state index contributed by atoms with van der Waals surface area (Å²) < 4.78 is 7.00. The van der Waals surface area contributed by atoms with E-state index in [1.165, 1.54) is 0 Å². The number of aryl methyl sites for hydroxylation is 1. The van der Waals surface area contributed by atoms with Crippen LogP contribution in [0.2, 0.25) is 0 Å². The van der Waals surface area contributed by atoms with Gasteiger partial charge in [-0.15, -0.1) is 0 Å². The molecule has 118 valence electrons. The maximum absolute atomic E-state index is 12.1. The Morgan fingerprint density at radius 1 is 1.43 bits per heavy atom. The zero-order chi connectivity index (χ0) is 15.6. The van der Waals surface area contributed by atoms with Crippen molar-refractivity contribution >= 4 is 5.91 Å². The van der Waals surface area contributed by atoms with E-state index in [0.29, 0.717) is 5.82 Å². The van der Waals surface area contributed by atoms with Gasteiger partial charge in [0.2, 0.25) is 0 Å². The molecule has 9 heteroatoms. The smallest absolute Gasteiger partial charge is 0.252 e. The Kier molecular flexibility index (Phi) is 4.91. The third-order valence-corrected chi connectivity index (χ3v) is 3.54. The van der Waals surface area contributed by atoms with Crippen molar-refractivity contribution in [3.8, 4) is 0 Å². The minimum atomic E-state index is -1.52. The minimum Gasteiger partial charge on any atom is -0.388 e. The summed E-state index contributed by atoms with van der Waals surface area (Å²) in [5.74, 6) is 0.0273. The first-order chi connectivity index (χ1) is 9.95. The molecule has 21 heavy (non-hydrogen) atoms. The van der Waals surface area contributed by atoms with Gasteiger partial charge in [-0.25, -0.2) is 4.98 Å². The lowest BCUT2D eigenvalue weighted by atomic mass is 9.94. The van der Waals surface area contributed by atoms with Gasteiger partial charge in [-0.1, -0.05) is 0 Å². The van der Waals surface area contributed by atoms with Gasteiger partial charge < -0.3 is 35.7 Å². The SMILES string of the molecule is Cn1ccnc1CNC(=O)[C@H]1O[C@@H](CN)[C@H](O)[C@@H](O)[C@H]1O. The molecule has 0 saturated carbocycles. The summed E-state index contributed by atoms with van der Waals surface area (Å²) in [6.45, 7) is 0.0783. The Morgan fingerprint density at radius 2 is 2.14 bits per heavy atom. The molecule has 5 atom stereocenters. The minimum absolute atomic E-state index is 0.0753. The standard InChI is InChI=1S/C12H20N4O5/c1-16-3-2-14-7(16)5-15-12(20)11-10(19)9(18)8(17)6(4-13)21-11/h2-3,6,8-11,17-19H,4-5,13H2,1H3,(H,15,20)/t6-,8-,9+,10+,11-/m0/s1. The maximum atomic E-state index is 12.1. The number of hydrogen-bond donors (Lipinski definition) is 5. The molecular formula is C12H20N4O5. The molecule has 1 fully saturated rings. The Bertz CT molecular complexity index is 492. The second kappa shape index (κ2) is 6.50. The van der Waals surface area contributed by atoms with Crippen LogP contribution >= 0.6 is 0 Å². The summed E-state index contributed by atoms with van der Waals surface area (Å²) in [6.07, 6.45) is -3.22. The number of rotatable bonds is 4. The van der Waals surface area contributed by atoms with Gasteiger partial charge >= 0.3 is 0 Å². The fraction of sp³-hybridized carbons (Fsp3) is 0.667. The van der Waals surface area contributed by atoms with Crippen LogP contribution in [-0.4, -0.2) is 67.8 Å². The van der Waals surface area contributed by atoms with Crippen molar-refractivity contribution in [3.63, 3.8) is 0 Å². The van der Waals surface area contributed by atoms with E-state index in [9.17, 15) is 20.1 Å². The van der Waals surface area contributed by atoms with Gasteiger partial charge in [0, 0.05) is 26.0 Å². The number of nitrogens with one attached hydrogen (secondary N) is 1. The highest BCUT2D eigenvalue weighted by atomic mass is 16.5. The Balaban J connectivity index is 1.99. The topological polar surface area (TPSA) is 143 Å². The van der Waals surface area contributed by atoms with Crippen LogP contribution in [0.4, 0.5) is 0 Å². The molecule has 0 radical (unpaired) electrons. The molecule has 2 rings (SSSR count). The number of carbonyl (C=O) groups is 1. The molecule has 0 spiro atoms. The lowest BCUT2D eigenvalue weighted by molar-refractivity contribution is -0.218. The first-order valence-electron chi connectivity index (χ1n) is 6.59. The summed E-state index contributed by atoms with van der Waals surface area (Å²) in [7, 11) is 1.78. The number of carbonyl (C=O) groups excluding carboxylic acids is 1. The van der Waals surface area contributed by atoms with Crippen LogP contribution in [0.25, 0.3) is 0 Å². The molecule has 0 aromatic carbocycles. The van der Waals surface area contributed by atoms with E-state index < -0.39 is 36.4 Å². The zero-order valence-electron chi connectivity index (χ0n) is 11.6. The fourth-order valence-electron chi connectivity index (χ4n) is 2.20. The molecular weight excluding hydrogens is 280 g/mol. The van der Waals surface area contributed by atoms with Gasteiger partial charge in [-0.05, 0) is 0 Å². The van der Waals surface area contributed by atoms with Crippen molar-refractivity contribution in [2.75, 3.05) is 6.54 Å². The number of aliphatic hydroxyl groups is 3.